The second-order valence-corrected chi connectivity index (χ2v) is 6.68. The van der Waals surface area contributed by atoms with Crippen molar-refractivity contribution >= 4 is 15.9 Å². The SMILES string of the molecule is Cc1cc(C)cc(C(C)(O)c2c(Br)cnn2C(C)C)c1. The van der Waals surface area contributed by atoms with Crippen LogP contribution in [0, 0.1) is 13.8 Å². The summed E-state index contributed by atoms with van der Waals surface area (Å²) in [5.74, 6) is 0. The Labute approximate surface area is 128 Å². The summed E-state index contributed by atoms with van der Waals surface area (Å²) in [7, 11) is 0. The van der Waals surface area contributed by atoms with E-state index >= 15 is 0 Å². The molecule has 0 radical (unpaired) electrons. The van der Waals surface area contributed by atoms with Crippen molar-refractivity contribution in [1.82, 2.24) is 9.78 Å². The fourth-order valence-corrected chi connectivity index (χ4v) is 3.24. The van der Waals surface area contributed by atoms with Crippen molar-refractivity contribution in [2.75, 3.05) is 0 Å². The van der Waals surface area contributed by atoms with Gasteiger partial charge >= 0.3 is 0 Å². The van der Waals surface area contributed by atoms with Crippen LogP contribution in [0.1, 0.15) is 49.2 Å². The number of hydrogen-bond donors (Lipinski definition) is 1. The van der Waals surface area contributed by atoms with Crippen molar-refractivity contribution in [3.8, 4) is 0 Å². The van der Waals surface area contributed by atoms with Gasteiger partial charge in [0.2, 0.25) is 0 Å². The Balaban J connectivity index is 2.63. The van der Waals surface area contributed by atoms with E-state index in [0.717, 1.165) is 26.9 Å². The van der Waals surface area contributed by atoms with Crippen molar-refractivity contribution in [2.24, 2.45) is 0 Å². The minimum Gasteiger partial charge on any atom is -0.379 e. The second kappa shape index (κ2) is 5.34. The Bertz CT molecular complexity index is 609. The quantitative estimate of drug-likeness (QED) is 0.916. The summed E-state index contributed by atoms with van der Waals surface area (Å²) in [6.45, 7) is 10.0. The van der Waals surface area contributed by atoms with Crippen LogP contribution < -0.4 is 0 Å². The molecule has 20 heavy (non-hydrogen) atoms. The first-order valence-electron chi connectivity index (χ1n) is 6.78. The van der Waals surface area contributed by atoms with E-state index in [-0.39, 0.29) is 6.04 Å². The fourth-order valence-electron chi connectivity index (χ4n) is 2.58. The van der Waals surface area contributed by atoms with E-state index in [4.69, 9.17) is 0 Å². The zero-order chi connectivity index (χ0) is 15.1. The molecule has 1 atom stereocenters. The van der Waals surface area contributed by atoms with E-state index in [0.29, 0.717) is 0 Å². The molecule has 1 unspecified atom stereocenters. The zero-order valence-electron chi connectivity index (χ0n) is 12.6. The monoisotopic (exact) mass is 336 g/mol. The van der Waals surface area contributed by atoms with Gasteiger partial charge in [-0.25, -0.2) is 0 Å². The number of hydrogen-bond acceptors (Lipinski definition) is 2. The molecule has 0 aliphatic rings. The van der Waals surface area contributed by atoms with E-state index < -0.39 is 5.60 Å². The van der Waals surface area contributed by atoms with E-state index in [2.05, 4.69) is 40.9 Å². The molecule has 1 aromatic carbocycles. The minimum absolute atomic E-state index is 0.189. The lowest BCUT2D eigenvalue weighted by Gasteiger charge is -2.27. The highest BCUT2D eigenvalue weighted by atomic mass is 79.9. The maximum atomic E-state index is 11.1. The number of aryl methyl sites for hydroxylation is 2. The molecule has 0 aliphatic carbocycles. The highest BCUT2D eigenvalue weighted by molar-refractivity contribution is 9.10. The van der Waals surface area contributed by atoms with Crippen LogP contribution in [0.3, 0.4) is 0 Å². The molecule has 1 N–H and O–H groups in total. The predicted molar refractivity (Wildman–Crippen MR) is 84.9 cm³/mol. The molecule has 2 aromatic rings. The first-order valence-corrected chi connectivity index (χ1v) is 7.57. The van der Waals surface area contributed by atoms with E-state index in [9.17, 15) is 5.11 Å². The van der Waals surface area contributed by atoms with Gasteiger partial charge in [-0.1, -0.05) is 29.3 Å². The van der Waals surface area contributed by atoms with Crippen molar-refractivity contribution < 1.29 is 5.11 Å². The molecule has 0 amide bonds. The van der Waals surface area contributed by atoms with Crippen LogP contribution in [0.15, 0.2) is 28.9 Å². The third-order valence-electron chi connectivity index (χ3n) is 3.48. The molecule has 0 saturated carbocycles. The Morgan fingerprint density at radius 3 is 2.25 bits per heavy atom. The Hall–Kier alpha value is -1.13. The second-order valence-electron chi connectivity index (χ2n) is 5.83. The average Bonchev–Trinajstić information content (AvgIpc) is 2.70. The van der Waals surface area contributed by atoms with Crippen LogP contribution in [-0.4, -0.2) is 14.9 Å². The van der Waals surface area contributed by atoms with Gasteiger partial charge in [0.15, 0.2) is 0 Å². The van der Waals surface area contributed by atoms with Gasteiger partial charge in [0.05, 0.1) is 16.4 Å². The van der Waals surface area contributed by atoms with Crippen LogP contribution in [-0.2, 0) is 5.60 Å². The molecule has 0 aliphatic heterocycles. The normalized spacial score (nSPS) is 14.6. The smallest absolute Gasteiger partial charge is 0.129 e. The number of nitrogens with zero attached hydrogens (tertiary/aromatic N) is 2. The Morgan fingerprint density at radius 2 is 1.75 bits per heavy atom. The lowest BCUT2D eigenvalue weighted by Crippen LogP contribution is -2.28. The molecule has 0 spiro atoms. The van der Waals surface area contributed by atoms with Gasteiger partial charge in [-0.2, -0.15) is 5.10 Å². The van der Waals surface area contributed by atoms with Crippen LogP contribution in [0.25, 0.3) is 0 Å². The highest BCUT2D eigenvalue weighted by Gasteiger charge is 2.33. The largest absolute Gasteiger partial charge is 0.379 e. The standard InChI is InChI=1S/C16H21BrN2O/c1-10(2)19-15(14(17)9-18-19)16(5,20)13-7-11(3)6-12(4)8-13/h6-10,20H,1-5H3. The molecule has 2 rings (SSSR count). The van der Waals surface area contributed by atoms with Crippen molar-refractivity contribution in [3.05, 3.63) is 51.3 Å². The average molecular weight is 337 g/mol. The van der Waals surface area contributed by atoms with Crippen LogP contribution in [0.5, 0.6) is 0 Å². The number of benzene rings is 1. The maximum Gasteiger partial charge on any atom is 0.129 e. The van der Waals surface area contributed by atoms with Gasteiger partial charge in [-0.3, -0.25) is 4.68 Å². The predicted octanol–water partition coefficient (Wildman–Crippen LogP) is 4.10. The molecule has 0 saturated heterocycles. The summed E-state index contributed by atoms with van der Waals surface area (Å²) in [4.78, 5) is 0. The number of aromatic nitrogens is 2. The lowest BCUT2D eigenvalue weighted by molar-refractivity contribution is 0.0891. The topological polar surface area (TPSA) is 38.1 Å². The van der Waals surface area contributed by atoms with Crippen LogP contribution >= 0.6 is 15.9 Å². The molecular formula is C16H21BrN2O. The van der Waals surface area contributed by atoms with Gasteiger partial charge < -0.3 is 5.11 Å². The van der Waals surface area contributed by atoms with Crippen LogP contribution in [0.2, 0.25) is 0 Å². The number of halogens is 1. The first kappa shape index (κ1) is 15.3. The molecule has 4 heteroatoms. The third-order valence-corrected chi connectivity index (χ3v) is 4.07. The molecule has 1 aromatic heterocycles. The van der Waals surface area contributed by atoms with Crippen molar-refractivity contribution in [3.63, 3.8) is 0 Å². The molecule has 0 bridgehead atoms. The maximum absolute atomic E-state index is 11.1. The number of rotatable bonds is 3. The fraction of sp³-hybridized carbons (Fsp3) is 0.438. The molecule has 1 heterocycles. The molecular weight excluding hydrogens is 316 g/mol. The molecule has 3 nitrogen and oxygen atoms in total. The van der Waals surface area contributed by atoms with Gasteiger partial charge in [-0.05, 0) is 56.1 Å². The molecule has 0 fully saturated rings. The summed E-state index contributed by atoms with van der Waals surface area (Å²) >= 11 is 3.51. The summed E-state index contributed by atoms with van der Waals surface area (Å²) in [6, 6.07) is 6.34. The van der Waals surface area contributed by atoms with Crippen LogP contribution in [0.4, 0.5) is 0 Å². The number of aliphatic hydroxyl groups is 1. The first-order chi connectivity index (χ1) is 9.23. The van der Waals surface area contributed by atoms with Gasteiger partial charge in [0, 0.05) is 6.04 Å². The van der Waals surface area contributed by atoms with Gasteiger partial charge in [0.1, 0.15) is 5.60 Å². The van der Waals surface area contributed by atoms with E-state index in [1.165, 1.54) is 0 Å². The zero-order valence-corrected chi connectivity index (χ0v) is 14.2. The van der Waals surface area contributed by atoms with Crippen molar-refractivity contribution in [1.29, 1.82) is 0 Å². The third kappa shape index (κ3) is 2.67. The summed E-state index contributed by atoms with van der Waals surface area (Å²) < 4.78 is 2.69. The van der Waals surface area contributed by atoms with E-state index in [1.54, 1.807) is 6.20 Å². The lowest BCUT2D eigenvalue weighted by atomic mass is 9.90. The Morgan fingerprint density at radius 1 is 1.20 bits per heavy atom. The summed E-state index contributed by atoms with van der Waals surface area (Å²) in [6.07, 6.45) is 1.74. The summed E-state index contributed by atoms with van der Waals surface area (Å²) in [5, 5.41) is 15.5. The molecule has 108 valence electrons. The minimum atomic E-state index is -1.09. The Kier molecular flexibility index (Phi) is 4.07. The highest BCUT2D eigenvalue weighted by Crippen LogP contribution is 2.36. The van der Waals surface area contributed by atoms with Gasteiger partial charge in [0.25, 0.3) is 0 Å². The van der Waals surface area contributed by atoms with Crippen molar-refractivity contribution in [2.45, 2.75) is 46.3 Å². The van der Waals surface area contributed by atoms with E-state index in [1.807, 2.05) is 37.6 Å². The van der Waals surface area contributed by atoms with Gasteiger partial charge in [-0.15, -0.1) is 0 Å². The summed E-state index contributed by atoms with van der Waals surface area (Å²) in [5.41, 5.74) is 2.88.